The van der Waals surface area contributed by atoms with Crippen LogP contribution in [0.2, 0.25) is 0 Å². The average molecular weight is 357 g/mol. The fourth-order valence-corrected chi connectivity index (χ4v) is 3.01. The van der Waals surface area contributed by atoms with Gasteiger partial charge in [-0.1, -0.05) is 29.8 Å². The molecule has 1 aromatic carbocycles. The van der Waals surface area contributed by atoms with Crippen molar-refractivity contribution in [2.24, 2.45) is 5.92 Å². The lowest BCUT2D eigenvalue weighted by atomic mass is 9.97. The molecule has 3 nitrogen and oxygen atoms in total. The van der Waals surface area contributed by atoms with Crippen molar-refractivity contribution in [2.45, 2.75) is 32.7 Å². The van der Waals surface area contributed by atoms with Crippen LogP contribution in [0, 0.1) is 11.7 Å². The second-order valence-electron chi connectivity index (χ2n) is 5.95. The van der Waals surface area contributed by atoms with E-state index in [1.54, 1.807) is 17.0 Å². The maximum absolute atomic E-state index is 13.8. The molecule has 1 fully saturated rings. The maximum Gasteiger partial charge on any atom is 0.256 e. The van der Waals surface area contributed by atoms with E-state index >= 15 is 0 Å². The first-order valence-electron chi connectivity index (χ1n) is 7.45. The monoisotopic (exact) mass is 356 g/mol. The number of piperidine rings is 1. The zero-order valence-corrected chi connectivity index (χ0v) is 14.1. The predicted molar refractivity (Wildman–Crippen MR) is 85.9 cm³/mol. The minimum atomic E-state index is -0.453. The van der Waals surface area contributed by atoms with Gasteiger partial charge in [0.25, 0.3) is 5.91 Å². The third-order valence-electron chi connectivity index (χ3n) is 3.78. The summed E-state index contributed by atoms with van der Waals surface area (Å²) in [6.07, 6.45) is 2.09. The van der Waals surface area contributed by atoms with E-state index in [1.807, 2.05) is 0 Å². The van der Waals surface area contributed by atoms with Gasteiger partial charge in [-0.2, -0.15) is 0 Å². The lowest BCUT2D eigenvalue weighted by molar-refractivity contribution is 0.0667. The van der Waals surface area contributed by atoms with Crippen molar-refractivity contribution < 1.29 is 9.18 Å². The molecule has 0 spiro atoms. The number of carbonyl (C=O) groups is 1. The maximum atomic E-state index is 13.8. The number of carbonyl (C=O) groups excluding carboxylic acids is 1. The fourth-order valence-electron chi connectivity index (χ4n) is 2.65. The highest BCUT2D eigenvalue weighted by Crippen LogP contribution is 2.21. The summed E-state index contributed by atoms with van der Waals surface area (Å²) in [5.74, 6) is -0.214. The molecule has 1 amide bonds. The smallest absolute Gasteiger partial charge is 0.256 e. The van der Waals surface area contributed by atoms with Crippen LogP contribution >= 0.6 is 15.9 Å². The molecule has 116 valence electrons. The van der Waals surface area contributed by atoms with E-state index in [9.17, 15) is 9.18 Å². The third-order valence-corrected chi connectivity index (χ3v) is 4.27. The number of likely N-dealkylation sites (tertiary alicyclic amines) is 1. The second kappa shape index (κ2) is 7.36. The van der Waals surface area contributed by atoms with Crippen LogP contribution in [0.4, 0.5) is 4.39 Å². The summed E-state index contributed by atoms with van der Waals surface area (Å²) in [7, 11) is 0. The van der Waals surface area contributed by atoms with E-state index in [4.69, 9.17) is 0 Å². The fraction of sp³-hybridized carbons (Fsp3) is 0.562. The largest absolute Gasteiger partial charge is 0.338 e. The van der Waals surface area contributed by atoms with E-state index < -0.39 is 5.82 Å². The highest BCUT2D eigenvalue weighted by molar-refractivity contribution is 9.10. The lowest BCUT2D eigenvalue weighted by Gasteiger charge is -2.33. The molecular weight excluding hydrogens is 335 g/mol. The van der Waals surface area contributed by atoms with Gasteiger partial charge < -0.3 is 10.2 Å². The number of amides is 1. The van der Waals surface area contributed by atoms with Crippen LogP contribution in [0.3, 0.4) is 0 Å². The first kappa shape index (κ1) is 16.4. The van der Waals surface area contributed by atoms with E-state index in [0.717, 1.165) is 23.9 Å². The molecule has 1 N–H and O–H groups in total. The molecule has 0 aliphatic carbocycles. The summed E-state index contributed by atoms with van der Waals surface area (Å²) in [5, 5.41) is 3.42. The Bertz CT molecular complexity index is 507. The Balaban J connectivity index is 2.03. The standard InChI is InChI=1S/C16H22BrFN2O/c1-11(2)19-9-12-4-3-7-20(10-12)16(21)14-8-13(17)5-6-15(14)18/h5-6,8,11-12,19H,3-4,7,9-10H2,1-2H3. The molecule has 1 saturated heterocycles. The molecule has 21 heavy (non-hydrogen) atoms. The normalized spacial score (nSPS) is 19.1. The SMILES string of the molecule is CC(C)NCC1CCCN(C(=O)c2cc(Br)ccc2F)C1. The molecule has 1 aliphatic heterocycles. The zero-order chi connectivity index (χ0) is 15.4. The number of nitrogens with one attached hydrogen (secondary N) is 1. The van der Waals surface area contributed by atoms with Crippen LogP contribution in [0.5, 0.6) is 0 Å². The zero-order valence-electron chi connectivity index (χ0n) is 12.5. The summed E-state index contributed by atoms with van der Waals surface area (Å²) >= 11 is 3.29. The van der Waals surface area contributed by atoms with Crippen LogP contribution in [0.25, 0.3) is 0 Å². The Labute approximate surface area is 134 Å². The molecule has 1 atom stereocenters. The van der Waals surface area contributed by atoms with Crippen molar-refractivity contribution in [1.29, 1.82) is 0 Å². The quantitative estimate of drug-likeness (QED) is 0.895. The Hall–Kier alpha value is -0.940. The molecule has 0 radical (unpaired) electrons. The minimum absolute atomic E-state index is 0.154. The van der Waals surface area contributed by atoms with Crippen molar-refractivity contribution in [1.82, 2.24) is 10.2 Å². The van der Waals surface area contributed by atoms with Gasteiger partial charge in [-0.3, -0.25) is 4.79 Å². The van der Waals surface area contributed by atoms with Gasteiger partial charge in [0.2, 0.25) is 0 Å². The van der Waals surface area contributed by atoms with Gasteiger partial charge in [0.15, 0.2) is 0 Å². The van der Waals surface area contributed by atoms with Gasteiger partial charge in [-0.15, -0.1) is 0 Å². The van der Waals surface area contributed by atoms with Crippen molar-refractivity contribution in [3.63, 3.8) is 0 Å². The molecule has 1 aliphatic rings. The molecule has 5 heteroatoms. The highest BCUT2D eigenvalue weighted by atomic mass is 79.9. The number of nitrogens with zero attached hydrogens (tertiary/aromatic N) is 1. The number of rotatable bonds is 4. The number of hydrogen-bond acceptors (Lipinski definition) is 2. The van der Waals surface area contributed by atoms with Crippen molar-refractivity contribution in [3.05, 3.63) is 34.1 Å². The second-order valence-corrected chi connectivity index (χ2v) is 6.86. The Kier molecular flexibility index (Phi) is 5.76. The molecule has 0 aromatic heterocycles. The summed E-state index contributed by atoms with van der Waals surface area (Å²) in [5.41, 5.74) is 0.154. The third kappa shape index (κ3) is 4.51. The van der Waals surface area contributed by atoms with Crippen molar-refractivity contribution in [2.75, 3.05) is 19.6 Å². The van der Waals surface area contributed by atoms with Gasteiger partial charge in [0, 0.05) is 23.6 Å². The predicted octanol–water partition coefficient (Wildman–Crippen LogP) is 3.44. The van der Waals surface area contributed by atoms with E-state index in [2.05, 4.69) is 35.1 Å². The number of benzene rings is 1. The van der Waals surface area contributed by atoms with Crippen LogP contribution < -0.4 is 5.32 Å². The van der Waals surface area contributed by atoms with E-state index in [1.165, 1.54) is 6.07 Å². The van der Waals surface area contributed by atoms with Gasteiger partial charge >= 0.3 is 0 Å². The van der Waals surface area contributed by atoms with Gasteiger partial charge in [0.1, 0.15) is 5.82 Å². The summed E-state index contributed by atoms with van der Waals surface area (Å²) in [6, 6.07) is 4.95. The van der Waals surface area contributed by atoms with Crippen LogP contribution in [0.15, 0.2) is 22.7 Å². The topological polar surface area (TPSA) is 32.3 Å². The lowest BCUT2D eigenvalue weighted by Crippen LogP contribution is -2.44. The van der Waals surface area contributed by atoms with Crippen LogP contribution in [-0.2, 0) is 0 Å². The molecule has 1 aromatic rings. The van der Waals surface area contributed by atoms with Gasteiger partial charge in [-0.05, 0) is 43.5 Å². The van der Waals surface area contributed by atoms with E-state index in [0.29, 0.717) is 25.0 Å². The summed E-state index contributed by atoms with van der Waals surface area (Å²) in [6.45, 7) is 6.54. The molecule has 1 heterocycles. The van der Waals surface area contributed by atoms with E-state index in [-0.39, 0.29) is 11.5 Å². The number of hydrogen-bond donors (Lipinski definition) is 1. The molecule has 0 saturated carbocycles. The molecule has 1 unspecified atom stereocenters. The summed E-state index contributed by atoms with van der Waals surface area (Å²) in [4.78, 5) is 14.3. The highest BCUT2D eigenvalue weighted by Gasteiger charge is 2.26. The minimum Gasteiger partial charge on any atom is -0.338 e. The Morgan fingerprint density at radius 3 is 3.00 bits per heavy atom. The molecule has 2 rings (SSSR count). The van der Waals surface area contributed by atoms with Crippen molar-refractivity contribution in [3.8, 4) is 0 Å². The molecule has 0 bridgehead atoms. The first-order valence-corrected chi connectivity index (χ1v) is 8.24. The Morgan fingerprint density at radius 1 is 1.52 bits per heavy atom. The first-order chi connectivity index (χ1) is 9.97. The van der Waals surface area contributed by atoms with Crippen LogP contribution in [-0.4, -0.2) is 36.5 Å². The number of halogens is 2. The van der Waals surface area contributed by atoms with Crippen molar-refractivity contribution >= 4 is 21.8 Å². The molecular formula is C16H22BrFN2O. The van der Waals surface area contributed by atoms with Crippen LogP contribution in [0.1, 0.15) is 37.0 Å². The average Bonchev–Trinajstić information content (AvgIpc) is 2.47. The van der Waals surface area contributed by atoms with Gasteiger partial charge in [0.05, 0.1) is 5.56 Å². The summed E-state index contributed by atoms with van der Waals surface area (Å²) < 4.78 is 14.6. The Morgan fingerprint density at radius 2 is 2.29 bits per heavy atom. The van der Waals surface area contributed by atoms with Gasteiger partial charge in [-0.25, -0.2) is 4.39 Å².